The van der Waals surface area contributed by atoms with E-state index in [1.807, 2.05) is 0 Å². The third-order valence-electron chi connectivity index (χ3n) is 3.31. The molecule has 1 N–H and O–H groups in total. The second-order valence-corrected chi connectivity index (χ2v) is 6.99. The molecule has 2 atom stereocenters. The summed E-state index contributed by atoms with van der Waals surface area (Å²) in [6.07, 6.45) is -4.80. The van der Waals surface area contributed by atoms with Crippen LogP contribution in [0.2, 0.25) is 0 Å². The lowest BCUT2D eigenvalue weighted by Crippen LogP contribution is -2.52. The summed E-state index contributed by atoms with van der Waals surface area (Å²) in [5.41, 5.74) is 0.215. The number of carbonyl (C=O) groups is 3. The molecule has 0 spiro atoms. The molecule has 0 aliphatic carbocycles. The molecule has 1 saturated heterocycles. The molecule has 0 saturated carbocycles. The van der Waals surface area contributed by atoms with Crippen molar-refractivity contribution < 1.29 is 32.3 Å². The molecule has 3 amide bonds. The van der Waals surface area contributed by atoms with Gasteiger partial charge in [0.15, 0.2) is 0 Å². The summed E-state index contributed by atoms with van der Waals surface area (Å²) in [4.78, 5) is 37.0. The van der Waals surface area contributed by atoms with Crippen LogP contribution in [0.15, 0.2) is 24.3 Å². The van der Waals surface area contributed by atoms with Crippen LogP contribution in [-0.4, -0.2) is 46.0 Å². The van der Waals surface area contributed by atoms with E-state index in [1.54, 1.807) is 13.8 Å². The molecule has 2 unspecified atom stereocenters. The Balaban J connectivity index is 1.98. The maximum Gasteiger partial charge on any atom is 0.573 e. The Kier molecular flexibility index (Phi) is 5.61. The Labute approximate surface area is 145 Å². The lowest BCUT2D eigenvalue weighted by molar-refractivity contribution is -0.274. The van der Waals surface area contributed by atoms with Gasteiger partial charge in [-0.1, -0.05) is 0 Å². The van der Waals surface area contributed by atoms with E-state index >= 15 is 0 Å². The average Bonchev–Trinajstić information content (AvgIpc) is 2.50. The summed E-state index contributed by atoms with van der Waals surface area (Å²) in [6.45, 7) is 2.86. The molecule has 0 bridgehead atoms. The van der Waals surface area contributed by atoms with E-state index in [9.17, 15) is 27.6 Å². The highest BCUT2D eigenvalue weighted by Crippen LogP contribution is 2.27. The number of benzene rings is 1. The molecule has 1 fully saturated rings. The summed E-state index contributed by atoms with van der Waals surface area (Å²) in [6, 6.07) is 4.53. The van der Waals surface area contributed by atoms with Gasteiger partial charge < -0.3 is 10.1 Å². The van der Waals surface area contributed by atoms with Crippen LogP contribution in [0.1, 0.15) is 13.8 Å². The number of halogens is 3. The smallest absolute Gasteiger partial charge is 0.406 e. The zero-order valence-corrected chi connectivity index (χ0v) is 14.1. The fourth-order valence-corrected chi connectivity index (χ4v) is 3.31. The minimum Gasteiger partial charge on any atom is -0.406 e. The average molecular weight is 376 g/mol. The van der Waals surface area contributed by atoms with Gasteiger partial charge in [0.1, 0.15) is 12.3 Å². The van der Waals surface area contributed by atoms with Crippen LogP contribution < -0.4 is 10.1 Å². The van der Waals surface area contributed by atoms with Crippen molar-refractivity contribution in [3.8, 4) is 5.75 Å². The van der Waals surface area contributed by atoms with Gasteiger partial charge in [-0.05, 0) is 38.1 Å². The fraction of sp³-hybridized carbons (Fsp3) is 0.400. The van der Waals surface area contributed by atoms with E-state index in [0.29, 0.717) is 0 Å². The predicted octanol–water partition coefficient (Wildman–Crippen LogP) is 2.40. The van der Waals surface area contributed by atoms with Gasteiger partial charge in [-0.15, -0.1) is 24.9 Å². The van der Waals surface area contributed by atoms with E-state index < -0.39 is 46.9 Å². The first kappa shape index (κ1) is 19.1. The Morgan fingerprint density at radius 3 is 2.16 bits per heavy atom. The van der Waals surface area contributed by atoms with Crippen molar-refractivity contribution in [1.82, 2.24) is 4.90 Å². The van der Waals surface area contributed by atoms with Gasteiger partial charge in [0.25, 0.3) is 0 Å². The van der Waals surface area contributed by atoms with E-state index in [0.717, 1.165) is 17.0 Å². The second kappa shape index (κ2) is 7.34. The summed E-state index contributed by atoms with van der Waals surface area (Å²) in [5, 5.41) is 1.56. The van der Waals surface area contributed by atoms with Crippen LogP contribution in [0.4, 0.5) is 18.9 Å². The van der Waals surface area contributed by atoms with Gasteiger partial charge in [0.05, 0.1) is 10.5 Å². The third kappa shape index (κ3) is 5.12. The van der Waals surface area contributed by atoms with Crippen LogP contribution >= 0.6 is 11.8 Å². The Hall–Kier alpha value is -2.23. The molecule has 1 aromatic rings. The quantitative estimate of drug-likeness (QED) is 0.817. The Morgan fingerprint density at radius 2 is 1.68 bits per heavy atom. The normalized spacial score (nSPS) is 21.2. The molecular weight excluding hydrogens is 361 g/mol. The maximum atomic E-state index is 12.1. The zero-order chi connectivity index (χ0) is 18.8. The number of alkyl halides is 3. The van der Waals surface area contributed by atoms with Crippen molar-refractivity contribution in [2.75, 3.05) is 11.9 Å². The van der Waals surface area contributed by atoms with Crippen LogP contribution in [0.3, 0.4) is 0 Å². The predicted molar refractivity (Wildman–Crippen MR) is 85.0 cm³/mol. The molecule has 1 aliphatic rings. The molecule has 25 heavy (non-hydrogen) atoms. The molecule has 2 rings (SSSR count). The molecule has 1 aliphatic heterocycles. The van der Waals surface area contributed by atoms with Crippen molar-refractivity contribution >= 4 is 35.2 Å². The highest BCUT2D eigenvalue weighted by molar-refractivity contribution is 8.02. The molecule has 136 valence electrons. The molecule has 10 heteroatoms. The van der Waals surface area contributed by atoms with Gasteiger partial charge in [-0.2, -0.15) is 0 Å². The first-order valence-corrected chi connectivity index (χ1v) is 8.17. The van der Waals surface area contributed by atoms with Crippen molar-refractivity contribution in [3.05, 3.63) is 24.3 Å². The molecular formula is C15H15F3N2O4S. The largest absolute Gasteiger partial charge is 0.573 e. The van der Waals surface area contributed by atoms with Crippen molar-refractivity contribution in [3.63, 3.8) is 0 Å². The topological polar surface area (TPSA) is 75.7 Å². The number of imide groups is 1. The van der Waals surface area contributed by atoms with Crippen LogP contribution in [0.5, 0.6) is 5.75 Å². The fourth-order valence-electron chi connectivity index (χ4n) is 2.21. The molecule has 0 radical (unpaired) electrons. The SMILES string of the molecule is CC1SC(C)C(=O)N(CC(=O)Nc2ccc(OC(F)(F)F)cc2)C1=O. The van der Waals surface area contributed by atoms with E-state index in [1.165, 1.54) is 23.9 Å². The number of rotatable bonds is 4. The number of ether oxygens (including phenoxy) is 1. The lowest BCUT2D eigenvalue weighted by atomic mass is 10.2. The highest BCUT2D eigenvalue weighted by Gasteiger charge is 2.38. The molecule has 0 aromatic heterocycles. The number of thioether (sulfide) groups is 1. The monoisotopic (exact) mass is 376 g/mol. The summed E-state index contributed by atoms with van der Waals surface area (Å²) < 4.78 is 40.0. The number of anilines is 1. The number of hydrogen-bond acceptors (Lipinski definition) is 5. The van der Waals surface area contributed by atoms with E-state index in [4.69, 9.17) is 0 Å². The van der Waals surface area contributed by atoms with Crippen LogP contribution in [0.25, 0.3) is 0 Å². The number of nitrogens with zero attached hydrogens (tertiary/aromatic N) is 1. The number of amides is 3. The zero-order valence-electron chi connectivity index (χ0n) is 13.3. The van der Waals surface area contributed by atoms with Crippen LogP contribution in [0, 0.1) is 0 Å². The number of carbonyl (C=O) groups excluding carboxylic acids is 3. The number of nitrogens with one attached hydrogen (secondary N) is 1. The van der Waals surface area contributed by atoms with Crippen LogP contribution in [-0.2, 0) is 14.4 Å². The van der Waals surface area contributed by atoms with Gasteiger partial charge in [-0.25, -0.2) is 0 Å². The van der Waals surface area contributed by atoms with Gasteiger partial charge >= 0.3 is 6.36 Å². The minimum atomic E-state index is -4.80. The van der Waals surface area contributed by atoms with E-state index in [-0.39, 0.29) is 5.69 Å². The second-order valence-electron chi connectivity index (χ2n) is 5.30. The minimum absolute atomic E-state index is 0.215. The van der Waals surface area contributed by atoms with Crippen molar-refractivity contribution in [2.45, 2.75) is 30.7 Å². The summed E-state index contributed by atoms with van der Waals surface area (Å²) in [5.74, 6) is -1.95. The lowest BCUT2D eigenvalue weighted by Gasteiger charge is -2.31. The van der Waals surface area contributed by atoms with E-state index in [2.05, 4.69) is 10.1 Å². The maximum absolute atomic E-state index is 12.1. The first-order valence-electron chi connectivity index (χ1n) is 7.23. The highest BCUT2D eigenvalue weighted by atomic mass is 32.2. The van der Waals surface area contributed by atoms with Crippen molar-refractivity contribution in [1.29, 1.82) is 0 Å². The van der Waals surface area contributed by atoms with Gasteiger partial charge in [0, 0.05) is 5.69 Å². The Bertz CT molecular complexity index is 658. The third-order valence-corrected chi connectivity index (χ3v) is 4.53. The van der Waals surface area contributed by atoms with Gasteiger partial charge in [0.2, 0.25) is 17.7 Å². The standard InChI is InChI=1S/C15H15F3N2O4S/c1-8-13(22)20(14(23)9(2)25-8)7-12(21)19-10-3-5-11(6-4-10)24-15(16,17)18/h3-6,8-9H,7H2,1-2H3,(H,19,21). The molecule has 6 nitrogen and oxygen atoms in total. The van der Waals surface area contributed by atoms with Gasteiger partial charge in [-0.3, -0.25) is 19.3 Å². The molecule has 1 aromatic carbocycles. The Morgan fingerprint density at radius 1 is 1.16 bits per heavy atom. The number of hydrogen-bond donors (Lipinski definition) is 1. The van der Waals surface area contributed by atoms with Crippen molar-refractivity contribution in [2.24, 2.45) is 0 Å². The molecule has 1 heterocycles. The first-order chi connectivity index (χ1) is 11.6. The summed E-state index contributed by atoms with van der Waals surface area (Å²) in [7, 11) is 0. The summed E-state index contributed by atoms with van der Waals surface area (Å²) >= 11 is 1.22.